The van der Waals surface area contributed by atoms with Crippen LogP contribution in [0.2, 0.25) is 0 Å². The third kappa shape index (κ3) is 2.03. The summed E-state index contributed by atoms with van der Waals surface area (Å²) in [7, 11) is 0. The first-order valence-corrected chi connectivity index (χ1v) is 4.56. The van der Waals surface area contributed by atoms with E-state index >= 15 is 0 Å². The molecule has 0 saturated heterocycles. The number of allylic oxidation sites excluding steroid dienone is 1. The summed E-state index contributed by atoms with van der Waals surface area (Å²) in [5.74, 6) is -0.773. The minimum absolute atomic E-state index is 0.702. The number of halogens is 1. The molecular formula is C13H8FN. The summed E-state index contributed by atoms with van der Waals surface area (Å²) < 4.78 is 12.7. The van der Waals surface area contributed by atoms with E-state index < -0.39 is 5.83 Å². The van der Waals surface area contributed by atoms with Gasteiger partial charge in [0.2, 0.25) is 5.83 Å². The van der Waals surface area contributed by atoms with Gasteiger partial charge in [-0.3, -0.25) is 0 Å². The highest BCUT2D eigenvalue weighted by atomic mass is 19.1. The highest BCUT2D eigenvalue weighted by molar-refractivity contribution is 5.84. The van der Waals surface area contributed by atoms with Gasteiger partial charge in [-0.15, -0.1) is 0 Å². The summed E-state index contributed by atoms with van der Waals surface area (Å²) in [4.78, 5) is 0. The van der Waals surface area contributed by atoms with Crippen molar-refractivity contribution in [3.8, 4) is 6.07 Å². The number of hydrogen-bond acceptors (Lipinski definition) is 1. The van der Waals surface area contributed by atoms with Crippen LogP contribution >= 0.6 is 0 Å². The van der Waals surface area contributed by atoms with Crippen LogP contribution in [0.15, 0.2) is 48.3 Å². The van der Waals surface area contributed by atoms with Crippen molar-refractivity contribution < 1.29 is 4.39 Å². The van der Waals surface area contributed by atoms with E-state index in [1.807, 2.05) is 36.4 Å². The molecule has 0 aromatic heterocycles. The molecule has 0 amide bonds. The normalized spacial score (nSPS) is 11.3. The van der Waals surface area contributed by atoms with Gasteiger partial charge in [-0.25, -0.2) is 0 Å². The van der Waals surface area contributed by atoms with Crippen molar-refractivity contribution in [2.45, 2.75) is 0 Å². The number of nitriles is 1. The van der Waals surface area contributed by atoms with Crippen LogP contribution in [0.3, 0.4) is 0 Å². The molecule has 0 heterocycles. The van der Waals surface area contributed by atoms with E-state index in [9.17, 15) is 4.39 Å². The maximum Gasteiger partial charge on any atom is 0.200 e. The highest BCUT2D eigenvalue weighted by Gasteiger charge is 1.95. The van der Waals surface area contributed by atoms with Crippen molar-refractivity contribution in [2.75, 3.05) is 0 Å². The van der Waals surface area contributed by atoms with Gasteiger partial charge < -0.3 is 0 Å². The molecule has 0 atom stereocenters. The average molecular weight is 197 g/mol. The Kier molecular flexibility index (Phi) is 2.47. The maximum atomic E-state index is 12.7. The molecular weight excluding hydrogens is 189 g/mol. The van der Waals surface area contributed by atoms with E-state index in [0.717, 1.165) is 10.8 Å². The number of fused-ring (bicyclic) bond motifs is 1. The Balaban J connectivity index is 2.53. The van der Waals surface area contributed by atoms with Crippen LogP contribution < -0.4 is 0 Å². The van der Waals surface area contributed by atoms with E-state index in [-0.39, 0.29) is 0 Å². The van der Waals surface area contributed by atoms with Gasteiger partial charge in [0.1, 0.15) is 6.07 Å². The molecule has 2 aromatic rings. The third-order valence-corrected chi connectivity index (χ3v) is 2.17. The maximum absolute atomic E-state index is 12.7. The molecule has 0 N–H and O–H groups in total. The molecule has 0 aliphatic carbocycles. The predicted octanol–water partition coefficient (Wildman–Crippen LogP) is 3.67. The first-order valence-electron chi connectivity index (χ1n) is 4.56. The molecule has 0 saturated carbocycles. The van der Waals surface area contributed by atoms with Crippen molar-refractivity contribution in [1.29, 1.82) is 5.26 Å². The van der Waals surface area contributed by atoms with Crippen LogP contribution in [0.25, 0.3) is 16.8 Å². The van der Waals surface area contributed by atoms with E-state index in [1.54, 1.807) is 6.07 Å². The first kappa shape index (κ1) is 9.42. The molecule has 2 heteroatoms. The van der Waals surface area contributed by atoms with Crippen molar-refractivity contribution >= 4 is 16.8 Å². The number of benzene rings is 2. The number of rotatable bonds is 1. The van der Waals surface area contributed by atoms with E-state index in [4.69, 9.17) is 5.26 Å². The van der Waals surface area contributed by atoms with Gasteiger partial charge in [0.15, 0.2) is 0 Å². The second-order valence-electron chi connectivity index (χ2n) is 3.21. The van der Waals surface area contributed by atoms with Gasteiger partial charge >= 0.3 is 0 Å². The minimum Gasteiger partial charge on any atom is -0.195 e. The number of nitrogens with zero attached hydrogens (tertiary/aromatic N) is 1. The fourth-order valence-corrected chi connectivity index (χ4v) is 1.48. The molecule has 0 bridgehead atoms. The second kappa shape index (κ2) is 3.93. The zero-order chi connectivity index (χ0) is 10.7. The molecule has 15 heavy (non-hydrogen) atoms. The molecule has 0 aliphatic heterocycles. The lowest BCUT2D eigenvalue weighted by molar-refractivity contribution is 0.679. The fraction of sp³-hybridized carbons (Fsp3) is 0. The summed E-state index contributed by atoms with van der Waals surface area (Å²) in [6, 6.07) is 14.8. The van der Waals surface area contributed by atoms with Crippen LogP contribution in [-0.2, 0) is 0 Å². The van der Waals surface area contributed by atoms with Crippen LogP contribution in [0.1, 0.15) is 5.56 Å². The van der Waals surface area contributed by atoms with E-state index in [2.05, 4.69) is 0 Å². The Bertz CT molecular complexity index is 564. The van der Waals surface area contributed by atoms with Gasteiger partial charge in [0.05, 0.1) is 0 Å². The van der Waals surface area contributed by atoms with Gasteiger partial charge in [0.25, 0.3) is 0 Å². The minimum atomic E-state index is -0.773. The monoisotopic (exact) mass is 197 g/mol. The van der Waals surface area contributed by atoms with Crippen LogP contribution in [0.4, 0.5) is 4.39 Å². The van der Waals surface area contributed by atoms with Crippen LogP contribution in [-0.4, -0.2) is 0 Å². The van der Waals surface area contributed by atoms with E-state index in [0.29, 0.717) is 5.56 Å². The Labute approximate surface area is 87.1 Å². The molecule has 2 rings (SSSR count). The lowest BCUT2D eigenvalue weighted by Gasteiger charge is -1.98. The largest absolute Gasteiger partial charge is 0.200 e. The molecule has 2 aromatic carbocycles. The summed E-state index contributed by atoms with van der Waals surface area (Å²) in [5.41, 5.74) is 0.702. The Morgan fingerprint density at radius 1 is 1.13 bits per heavy atom. The lowest BCUT2D eigenvalue weighted by atomic mass is 10.1. The SMILES string of the molecule is N#C/C(F)=C\c1ccc2ccccc2c1. The molecule has 0 spiro atoms. The van der Waals surface area contributed by atoms with Gasteiger partial charge in [-0.1, -0.05) is 36.4 Å². The van der Waals surface area contributed by atoms with Crippen molar-refractivity contribution in [2.24, 2.45) is 0 Å². The number of hydrogen-bond donors (Lipinski definition) is 0. The Morgan fingerprint density at radius 2 is 1.87 bits per heavy atom. The first-order chi connectivity index (χ1) is 7.29. The standard InChI is InChI=1S/C13H8FN/c14-13(9-15)8-10-5-6-11-3-1-2-4-12(11)7-10/h1-8H/b13-8+. The van der Waals surface area contributed by atoms with Crippen molar-refractivity contribution in [1.82, 2.24) is 0 Å². The second-order valence-corrected chi connectivity index (χ2v) is 3.21. The highest BCUT2D eigenvalue weighted by Crippen LogP contribution is 2.17. The zero-order valence-corrected chi connectivity index (χ0v) is 7.94. The molecule has 0 unspecified atom stereocenters. The summed E-state index contributed by atoms with van der Waals surface area (Å²) in [6.07, 6.45) is 1.23. The topological polar surface area (TPSA) is 23.8 Å². The van der Waals surface area contributed by atoms with Crippen LogP contribution in [0.5, 0.6) is 0 Å². The predicted molar refractivity (Wildman–Crippen MR) is 58.6 cm³/mol. The van der Waals surface area contributed by atoms with Gasteiger partial charge in [-0.05, 0) is 28.5 Å². The van der Waals surface area contributed by atoms with E-state index in [1.165, 1.54) is 12.1 Å². The van der Waals surface area contributed by atoms with Gasteiger partial charge in [0, 0.05) is 0 Å². The van der Waals surface area contributed by atoms with Gasteiger partial charge in [-0.2, -0.15) is 9.65 Å². The third-order valence-electron chi connectivity index (χ3n) is 2.17. The summed E-state index contributed by atoms with van der Waals surface area (Å²) in [5, 5.41) is 10.5. The average Bonchev–Trinajstić information content (AvgIpc) is 2.29. The Morgan fingerprint density at radius 3 is 2.60 bits per heavy atom. The zero-order valence-electron chi connectivity index (χ0n) is 7.94. The fourth-order valence-electron chi connectivity index (χ4n) is 1.48. The lowest BCUT2D eigenvalue weighted by Crippen LogP contribution is -1.76. The molecule has 0 fully saturated rings. The smallest absolute Gasteiger partial charge is 0.195 e. The molecule has 1 nitrogen and oxygen atoms in total. The van der Waals surface area contributed by atoms with Crippen LogP contribution in [0, 0.1) is 11.3 Å². The summed E-state index contributed by atoms with van der Waals surface area (Å²) >= 11 is 0. The van der Waals surface area contributed by atoms with Crippen molar-refractivity contribution in [3.63, 3.8) is 0 Å². The Hall–Kier alpha value is -2.14. The summed E-state index contributed by atoms with van der Waals surface area (Å²) in [6.45, 7) is 0. The van der Waals surface area contributed by atoms with Crippen molar-refractivity contribution in [3.05, 3.63) is 53.9 Å². The molecule has 72 valence electrons. The molecule has 0 aliphatic rings. The quantitative estimate of drug-likeness (QED) is 0.640. The molecule has 0 radical (unpaired) electrons.